The van der Waals surface area contributed by atoms with Gasteiger partial charge >= 0.3 is 0 Å². The van der Waals surface area contributed by atoms with E-state index in [0.717, 1.165) is 28.5 Å². The lowest BCUT2D eigenvalue weighted by Gasteiger charge is -2.06. The molecule has 2 aromatic carbocycles. The minimum atomic E-state index is -3.76. The molecule has 0 saturated heterocycles. The molecule has 1 heterocycles. The molecule has 152 valence electrons. The van der Waals surface area contributed by atoms with E-state index in [9.17, 15) is 13.2 Å². The van der Waals surface area contributed by atoms with Crippen molar-refractivity contribution in [2.75, 3.05) is 6.54 Å². The smallest absolute Gasteiger partial charge is 0.255 e. The third kappa shape index (κ3) is 4.72. The fraction of sp³-hybridized carbons (Fsp3) is 0.238. The van der Waals surface area contributed by atoms with E-state index in [4.69, 9.17) is 4.42 Å². The third-order valence-electron chi connectivity index (χ3n) is 4.45. The second-order valence-corrected chi connectivity index (χ2v) is 8.40. The fourth-order valence-corrected chi connectivity index (χ4v) is 3.99. The maximum absolute atomic E-state index is 12.2. The summed E-state index contributed by atoms with van der Waals surface area (Å²) < 4.78 is 32.5. The number of hydrazone groups is 1. The van der Waals surface area contributed by atoms with Crippen LogP contribution in [0.5, 0.6) is 0 Å². The minimum Gasteiger partial charge on any atom is -0.454 e. The number of nitrogens with zero attached hydrogens (tertiary/aromatic N) is 1. The van der Waals surface area contributed by atoms with Crippen molar-refractivity contribution in [1.29, 1.82) is 0 Å². The van der Waals surface area contributed by atoms with Crippen LogP contribution in [0.25, 0.3) is 11.0 Å². The number of benzene rings is 2. The average Bonchev–Trinajstić information content (AvgIpc) is 3.09. The molecular weight excluding hydrogens is 390 g/mol. The van der Waals surface area contributed by atoms with Crippen LogP contribution in [-0.2, 0) is 21.2 Å². The average molecular weight is 413 g/mol. The highest BCUT2D eigenvalue weighted by molar-refractivity contribution is 7.89. The summed E-state index contributed by atoms with van der Waals surface area (Å²) in [4.78, 5) is 12.1. The largest absolute Gasteiger partial charge is 0.454 e. The zero-order chi connectivity index (χ0) is 21.0. The zero-order valence-electron chi connectivity index (χ0n) is 16.5. The van der Waals surface area contributed by atoms with Gasteiger partial charge in [0.15, 0.2) is 5.76 Å². The lowest BCUT2D eigenvalue weighted by Crippen LogP contribution is -2.35. The summed E-state index contributed by atoms with van der Waals surface area (Å²) in [6.45, 7) is 5.36. The molecule has 2 N–H and O–H groups in total. The Morgan fingerprint density at radius 3 is 2.55 bits per heavy atom. The number of rotatable bonds is 7. The topological polar surface area (TPSA) is 101 Å². The van der Waals surface area contributed by atoms with Crippen LogP contribution in [0.1, 0.15) is 30.7 Å². The molecule has 7 nitrogen and oxygen atoms in total. The number of nitrogens with one attached hydrogen (secondary N) is 2. The molecule has 0 atom stereocenters. The fourth-order valence-electron chi connectivity index (χ4n) is 2.99. The molecule has 0 aliphatic carbocycles. The van der Waals surface area contributed by atoms with Crippen LogP contribution in [0, 0.1) is 6.92 Å². The first-order valence-corrected chi connectivity index (χ1v) is 10.7. The van der Waals surface area contributed by atoms with E-state index in [1.165, 1.54) is 12.1 Å². The number of furan rings is 1. The van der Waals surface area contributed by atoms with Crippen LogP contribution in [0.2, 0.25) is 0 Å². The maximum Gasteiger partial charge on any atom is 0.255 e. The quantitative estimate of drug-likeness (QED) is 0.459. The van der Waals surface area contributed by atoms with Crippen molar-refractivity contribution in [3.8, 4) is 0 Å². The number of sulfonamides is 1. The Labute approximate surface area is 169 Å². The molecule has 1 amide bonds. The van der Waals surface area contributed by atoms with E-state index in [0.29, 0.717) is 11.5 Å². The number of fused-ring (bicyclic) bond motifs is 1. The normalized spacial score (nSPS) is 12.3. The van der Waals surface area contributed by atoms with Gasteiger partial charge in [0.2, 0.25) is 10.0 Å². The summed E-state index contributed by atoms with van der Waals surface area (Å²) in [6.07, 6.45) is 0.753. The van der Waals surface area contributed by atoms with Crippen molar-refractivity contribution in [3.05, 3.63) is 65.4 Å². The Balaban J connectivity index is 1.70. The highest BCUT2D eigenvalue weighted by Gasteiger charge is 2.17. The first-order valence-electron chi connectivity index (χ1n) is 9.22. The molecule has 0 aliphatic heterocycles. The molecule has 0 bridgehead atoms. The van der Waals surface area contributed by atoms with Crippen molar-refractivity contribution in [3.63, 3.8) is 0 Å². The van der Waals surface area contributed by atoms with Crippen LogP contribution in [0.3, 0.4) is 0 Å². The number of carbonyl (C=O) groups excluding carboxylic acids is 1. The standard InChI is InChI=1S/C21H23N3O4S/c1-4-17-18-12-14(2)10-11-19(18)28-21(17)15(3)23-24-20(25)13-22-29(26,27)16-8-6-5-7-9-16/h5-12,22H,4,13H2,1-3H3,(H,24,25)/b23-15-. The molecule has 29 heavy (non-hydrogen) atoms. The molecule has 0 unspecified atom stereocenters. The summed E-state index contributed by atoms with van der Waals surface area (Å²) in [6, 6.07) is 13.8. The molecule has 3 aromatic rings. The summed E-state index contributed by atoms with van der Waals surface area (Å²) in [5.41, 5.74) is 5.80. The van der Waals surface area contributed by atoms with Crippen molar-refractivity contribution in [2.24, 2.45) is 5.10 Å². The van der Waals surface area contributed by atoms with Gasteiger partial charge in [-0.3, -0.25) is 4.79 Å². The van der Waals surface area contributed by atoms with Gasteiger partial charge in [0, 0.05) is 10.9 Å². The summed E-state index contributed by atoms with van der Waals surface area (Å²) in [5.74, 6) is 0.0344. The minimum absolute atomic E-state index is 0.0950. The van der Waals surface area contributed by atoms with Crippen molar-refractivity contribution in [2.45, 2.75) is 32.1 Å². The van der Waals surface area contributed by atoms with Gasteiger partial charge in [-0.1, -0.05) is 36.8 Å². The molecule has 0 saturated carbocycles. The second kappa shape index (κ2) is 8.59. The number of carbonyl (C=O) groups is 1. The monoisotopic (exact) mass is 413 g/mol. The van der Waals surface area contributed by atoms with Gasteiger partial charge in [-0.25, -0.2) is 18.6 Å². The first-order chi connectivity index (χ1) is 13.8. The Kier molecular flexibility index (Phi) is 6.14. The van der Waals surface area contributed by atoms with Crippen LogP contribution in [-0.4, -0.2) is 26.6 Å². The first kappa shape index (κ1) is 20.8. The molecule has 0 spiro atoms. The van der Waals surface area contributed by atoms with E-state index in [1.54, 1.807) is 25.1 Å². The number of hydrogen-bond donors (Lipinski definition) is 2. The van der Waals surface area contributed by atoms with Crippen LogP contribution < -0.4 is 10.1 Å². The predicted octanol–water partition coefficient (Wildman–Crippen LogP) is 3.12. The Morgan fingerprint density at radius 2 is 1.86 bits per heavy atom. The Bertz CT molecular complexity index is 1170. The van der Waals surface area contributed by atoms with Crippen LogP contribution in [0.4, 0.5) is 0 Å². The number of hydrogen-bond acceptors (Lipinski definition) is 5. The lowest BCUT2D eigenvalue weighted by atomic mass is 10.0. The molecule has 0 aliphatic rings. The van der Waals surface area contributed by atoms with E-state index >= 15 is 0 Å². The molecule has 1 aromatic heterocycles. The van der Waals surface area contributed by atoms with Crippen molar-refractivity contribution < 1.29 is 17.6 Å². The summed E-state index contributed by atoms with van der Waals surface area (Å²) >= 11 is 0. The predicted molar refractivity (Wildman–Crippen MR) is 112 cm³/mol. The molecular formula is C21H23N3O4S. The van der Waals surface area contributed by atoms with Crippen LogP contribution >= 0.6 is 0 Å². The summed E-state index contributed by atoms with van der Waals surface area (Å²) in [7, 11) is -3.76. The molecule has 3 rings (SSSR count). The molecule has 8 heteroatoms. The van der Waals surface area contributed by atoms with Gasteiger partial charge in [-0.05, 0) is 44.5 Å². The second-order valence-electron chi connectivity index (χ2n) is 6.63. The third-order valence-corrected chi connectivity index (χ3v) is 5.87. The van der Waals surface area contributed by atoms with Crippen molar-refractivity contribution in [1.82, 2.24) is 10.1 Å². The van der Waals surface area contributed by atoms with Crippen molar-refractivity contribution >= 4 is 32.6 Å². The zero-order valence-corrected chi connectivity index (χ0v) is 17.3. The highest BCUT2D eigenvalue weighted by atomic mass is 32.2. The van der Waals surface area contributed by atoms with Gasteiger partial charge < -0.3 is 4.42 Å². The van der Waals surface area contributed by atoms with E-state index in [2.05, 4.69) is 21.3 Å². The van der Waals surface area contributed by atoms with E-state index in [1.807, 2.05) is 26.0 Å². The van der Waals surface area contributed by atoms with Crippen LogP contribution in [0.15, 0.2) is 62.9 Å². The van der Waals surface area contributed by atoms with Gasteiger partial charge in [-0.15, -0.1) is 0 Å². The Morgan fingerprint density at radius 1 is 1.14 bits per heavy atom. The molecule has 0 radical (unpaired) electrons. The van der Waals surface area contributed by atoms with E-state index < -0.39 is 22.5 Å². The van der Waals surface area contributed by atoms with Gasteiger partial charge in [-0.2, -0.15) is 5.10 Å². The Hall–Kier alpha value is -2.97. The van der Waals surface area contributed by atoms with Gasteiger partial charge in [0.05, 0.1) is 11.4 Å². The maximum atomic E-state index is 12.2. The SMILES string of the molecule is CCc1c(/C(C)=N\NC(=O)CNS(=O)(=O)c2ccccc2)oc2ccc(C)cc12. The number of amides is 1. The highest BCUT2D eigenvalue weighted by Crippen LogP contribution is 2.27. The van der Waals surface area contributed by atoms with Gasteiger partial charge in [0.1, 0.15) is 11.3 Å². The summed E-state index contributed by atoms with van der Waals surface area (Å²) in [5, 5.41) is 5.11. The van der Waals surface area contributed by atoms with E-state index in [-0.39, 0.29) is 4.90 Å². The molecule has 0 fully saturated rings. The van der Waals surface area contributed by atoms with Gasteiger partial charge in [0.25, 0.3) is 5.91 Å². The number of aryl methyl sites for hydroxylation is 2. The lowest BCUT2D eigenvalue weighted by molar-refractivity contribution is -0.119.